The van der Waals surface area contributed by atoms with Crippen LogP contribution in [0.5, 0.6) is 0 Å². The summed E-state index contributed by atoms with van der Waals surface area (Å²) in [6.45, 7) is 6.59. The van der Waals surface area contributed by atoms with Crippen molar-refractivity contribution in [3.8, 4) is 0 Å². The maximum absolute atomic E-state index is 12.0. The molecule has 17 heavy (non-hydrogen) atoms. The Labute approximate surface area is 107 Å². The Balaban J connectivity index is 2.70. The molecular weight excluding hydrogens is 238 g/mol. The Morgan fingerprint density at radius 1 is 1.59 bits per heavy atom. The Hall–Kier alpha value is -1.03. The Morgan fingerprint density at radius 2 is 2.24 bits per heavy atom. The number of hydrogen-bond donors (Lipinski definition) is 1. The molecule has 4 nitrogen and oxygen atoms in total. The Kier molecular flexibility index (Phi) is 4.57. The third-order valence-corrected chi connectivity index (χ3v) is 3.30. The van der Waals surface area contributed by atoms with Crippen molar-refractivity contribution in [1.29, 1.82) is 0 Å². The molecule has 0 saturated carbocycles. The van der Waals surface area contributed by atoms with Crippen molar-refractivity contribution >= 4 is 17.5 Å². The van der Waals surface area contributed by atoms with Gasteiger partial charge in [-0.1, -0.05) is 20.8 Å². The largest absolute Gasteiger partial charge is 0.351 e. The fraction of sp³-hybridized carbons (Fsp3) is 0.667. The first-order valence-corrected chi connectivity index (χ1v) is 6.29. The molecule has 1 amide bonds. The molecule has 0 fully saturated rings. The second kappa shape index (κ2) is 5.54. The number of carbonyl (C=O) groups excluding carboxylic acids is 1. The maximum atomic E-state index is 12.0. The first kappa shape index (κ1) is 14.0. The molecule has 1 heterocycles. The molecule has 0 aliphatic rings. The maximum Gasteiger partial charge on any atom is 0.254 e. The van der Waals surface area contributed by atoms with E-state index < -0.39 is 0 Å². The van der Waals surface area contributed by atoms with Crippen molar-refractivity contribution in [2.45, 2.75) is 27.2 Å². The third-order valence-electron chi connectivity index (χ3n) is 2.57. The van der Waals surface area contributed by atoms with Gasteiger partial charge in [0, 0.05) is 25.7 Å². The van der Waals surface area contributed by atoms with Gasteiger partial charge in [-0.2, -0.15) is 5.10 Å². The number of hydrogen-bond acceptors (Lipinski definition) is 2. The fourth-order valence-electron chi connectivity index (χ4n) is 1.45. The lowest BCUT2D eigenvalue weighted by molar-refractivity contribution is 0.0939. The average molecular weight is 258 g/mol. The van der Waals surface area contributed by atoms with Crippen LogP contribution in [0.2, 0.25) is 0 Å². The third kappa shape index (κ3) is 3.73. The van der Waals surface area contributed by atoms with Crippen LogP contribution in [0.3, 0.4) is 0 Å². The van der Waals surface area contributed by atoms with E-state index in [0.717, 1.165) is 12.1 Å². The highest BCUT2D eigenvalue weighted by Crippen LogP contribution is 2.15. The van der Waals surface area contributed by atoms with Crippen LogP contribution in [0.1, 0.15) is 36.8 Å². The minimum atomic E-state index is -0.0915. The van der Waals surface area contributed by atoms with E-state index >= 15 is 0 Å². The molecular formula is C12H20ClN3O. The summed E-state index contributed by atoms with van der Waals surface area (Å²) >= 11 is 5.82. The van der Waals surface area contributed by atoms with E-state index in [4.69, 9.17) is 11.6 Å². The van der Waals surface area contributed by atoms with Gasteiger partial charge in [-0.3, -0.25) is 9.48 Å². The van der Waals surface area contributed by atoms with Gasteiger partial charge in [0.25, 0.3) is 5.91 Å². The van der Waals surface area contributed by atoms with Gasteiger partial charge in [0.15, 0.2) is 0 Å². The van der Waals surface area contributed by atoms with Gasteiger partial charge < -0.3 is 5.32 Å². The molecule has 0 spiro atoms. The number of rotatable bonds is 5. The van der Waals surface area contributed by atoms with Crippen molar-refractivity contribution in [2.75, 3.05) is 12.4 Å². The minimum Gasteiger partial charge on any atom is -0.351 e. The molecule has 5 heteroatoms. The van der Waals surface area contributed by atoms with Gasteiger partial charge in [-0.25, -0.2) is 0 Å². The van der Waals surface area contributed by atoms with E-state index in [1.165, 1.54) is 0 Å². The normalized spacial score (nSPS) is 11.6. The fourth-order valence-corrected chi connectivity index (χ4v) is 1.54. The van der Waals surface area contributed by atoms with E-state index in [9.17, 15) is 4.79 Å². The molecule has 1 aromatic heterocycles. The van der Waals surface area contributed by atoms with Crippen LogP contribution < -0.4 is 5.32 Å². The van der Waals surface area contributed by atoms with Gasteiger partial charge >= 0.3 is 0 Å². The Bertz CT molecular complexity index is 398. The molecule has 0 atom stereocenters. The monoisotopic (exact) mass is 257 g/mol. The van der Waals surface area contributed by atoms with Crippen LogP contribution in [-0.2, 0) is 13.5 Å². The number of amides is 1. The van der Waals surface area contributed by atoms with Crippen molar-refractivity contribution in [3.63, 3.8) is 0 Å². The standard InChI is InChI=1S/C12H20ClN3O/c1-5-10-9(6-16(4)15-10)11(17)14-8-12(2,3)7-13/h6H,5,7-8H2,1-4H3,(H,14,17). The summed E-state index contributed by atoms with van der Waals surface area (Å²) in [6.07, 6.45) is 2.50. The van der Waals surface area contributed by atoms with Gasteiger partial charge in [0.05, 0.1) is 11.3 Å². The predicted molar refractivity (Wildman–Crippen MR) is 69.4 cm³/mol. The van der Waals surface area contributed by atoms with Crippen molar-refractivity contribution in [3.05, 3.63) is 17.5 Å². The molecule has 1 rings (SSSR count). The van der Waals surface area contributed by atoms with E-state index in [1.807, 2.05) is 27.8 Å². The van der Waals surface area contributed by atoms with Crippen molar-refractivity contribution in [1.82, 2.24) is 15.1 Å². The number of nitrogens with one attached hydrogen (secondary N) is 1. The van der Waals surface area contributed by atoms with Crippen LogP contribution in [-0.4, -0.2) is 28.1 Å². The van der Waals surface area contributed by atoms with Crippen LogP contribution in [0.15, 0.2) is 6.20 Å². The van der Waals surface area contributed by atoms with Crippen LogP contribution >= 0.6 is 11.6 Å². The van der Waals surface area contributed by atoms with Crippen molar-refractivity contribution in [2.24, 2.45) is 12.5 Å². The minimum absolute atomic E-state index is 0.0758. The van der Waals surface area contributed by atoms with E-state index in [0.29, 0.717) is 18.0 Å². The number of aryl methyl sites for hydroxylation is 2. The van der Waals surface area contributed by atoms with Gasteiger partial charge in [0.1, 0.15) is 0 Å². The number of halogens is 1. The SMILES string of the molecule is CCc1nn(C)cc1C(=O)NCC(C)(C)CCl. The summed E-state index contributed by atoms with van der Waals surface area (Å²) in [5.74, 6) is 0.439. The topological polar surface area (TPSA) is 46.9 Å². The highest BCUT2D eigenvalue weighted by Gasteiger charge is 2.20. The second-order valence-electron chi connectivity index (χ2n) is 5.00. The average Bonchev–Trinajstić information content (AvgIpc) is 2.67. The molecule has 0 saturated heterocycles. The number of nitrogens with zero attached hydrogens (tertiary/aromatic N) is 2. The van der Waals surface area contributed by atoms with Crippen LogP contribution in [0, 0.1) is 5.41 Å². The van der Waals surface area contributed by atoms with Gasteiger partial charge in [-0.05, 0) is 11.8 Å². The zero-order valence-electron chi connectivity index (χ0n) is 10.9. The zero-order valence-corrected chi connectivity index (χ0v) is 11.6. The zero-order chi connectivity index (χ0) is 13.1. The van der Waals surface area contributed by atoms with Crippen molar-refractivity contribution < 1.29 is 4.79 Å². The second-order valence-corrected chi connectivity index (χ2v) is 5.26. The molecule has 0 aromatic carbocycles. The van der Waals surface area contributed by atoms with E-state index in [-0.39, 0.29) is 11.3 Å². The summed E-state index contributed by atoms with van der Waals surface area (Å²) in [7, 11) is 1.82. The van der Waals surface area contributed by atoms with Gasteiger partial charge in [0.2, 0.25) is 0 Å². The molecule has 96 valence electrons. The number of alkyl halides is 1. The molecule has 0 aliphatic carbocycles. The first-order chi connectivity index (χ1) is 7.89. The summed E-state index contributed by atoms with van der Waals surface area (Å²) in [5.41, 5.74) is 1.39. The van der Waals surface area contributed by atoms with Crippen LogP contribution in [0.4, 0.5) is 0 Å². The smallest absolute Gasteiger partial charge is 0.254 e. The molecule has 1 N–H and O–H groups in total. The highest BCUT2D eigenvalue weighted by atomic mass is 35.5. The molecule has 0 bridgehead atoms. The molecule has 0 unspecified atom stereocenters. The van der Waals surface area contributed by atoms with E-state index in [1.54, 1.807) is 10.9 Å². The highest BCUT2D eigenvalue weighted by molar-refractivity contribution is 6.18. The Morgan fingerprint density at radius 3 is 2.76 bits per heavy atom. The molecule has 0 aliphatic heterocycles. The lowest BCUT2D eigenvalue weighted by Gasteiger charge is -2.21. The lowest BCUT2D eigenvalue weighted by Crippen LogP contribution is -2.35. The molecule has 0 radical (unpaired) electrons. The lowest BCUT2D eigenvalue weighted by atomic mass is 9.96. The summed E-state index contributed by atoms with van der Waals surface area (Å²) < 4.78 is 1.67. The predicted octanol–water partition coefficient (Wildman–Crippen LogP) is 1.98. The number of carbonyl (C=O) groups is 1. The number of aromatic nitrogens is 2. The van der Waals surface area contributed by atoms with Gasteiger partial charge in [-0.15, -0.1) is 11.6 Å². The molecule has 1 aromatic rings. The summed E-state index contributed by atoms with van der Waals surface area (Å²) in [6, 6.07) is 0. The van der Waals surface area contributed by atoms with E-state index in [2.05, 4.69) is 10.4 Å². The summed E-state index contributed by atoms with van der Waals surface area (Å²) in [5, 5.41) is 7.15. The first-order valence-electron chi connectivity index (χ1n) is 5.76. The summed E-state index contributed by atoms with van der Waals surface area (Å²) in [4.78, 5) is 12.0. The quantitative estimate of drug-likeness (QED) is 0.820. The van der Waals surface area contributed by atoms with Crippen LogP contribution in [0.25, 0.3) is 0 Å².